The summed E-state index contributed by atoms with van der Waals surface area (Å²) in [6, 6.07) is 10.3. The van der Waals surface area contributed by atoms with Crippen LogP contribution in [0.4, 0.5) is 5.69 Å². The Kier molecular flexibility index (Phi) is 8.85. The van der Waals surface area contributed by atoms with Crippen LogP contribution in [0, 0.1) is 6.92 Å². The second-order valence-corrected chi connectivity index (χ2v) is 18.5. The van der Waals surface area contributed by atoms with Crippen LogP contribution >= 0.6 is 0 Å². The summed E-state index contributed by atoms with van der Waals surface area (Å²) in [5, 5.41) is 0.0323. The molecule has 1 aliphatic heterocycles. The molecule has 2 aromatic rings. The molecule has 0 spiro atoms. The molecule has 0 unspecified atom stereocenters. The van der Waals surface area contributed by atoms with Gasteiger partial charge in [0, 0.05) is 12.2 Å². The number of sulfone groups is 1. The van der Waals surface area contributed by atoms with Gasteiger partial charge in [-0.15, -0.1) is 0 Å². The van der Waals surface area contributed by atoms with Crippen molar-refractivity contribution in [2.24, 2.45) is 0 Å². The first-order valence-electron chi connectivity index (χ1n) is 13.0. The van der Waals surface area contributed by atoms with Crippen molar-refractivity contribution >= 4 is 35.3 Å². The highest BCUT2D eigenvalue weighted by molar-refractivity contribution is 7.91. The van der Waals surface area contributed by atoms with Gasteiger partial charge in [0.1, 0.15) is 5.75 Å². The molecule has 1 aliphatic rings. The standard InChI is InChI=1S/C29H42N2O5SSi/c1-9-37(33,34)24-12-10-21(11-13-24)22-14-15-31(23(17-22)19-36-38(7,8)29(3,4)5)28(32)25-18-27(35-6)20(2)16-26(25)30/h10-14,16,18,23H,9,15,17,19,30H2,1-8H3/t23-/m0/s1. The van der Waals surface area contributed by atoms with Gasteiger partial charge >= 0.3 is 0 Å². The van der Waals surface area contributed by atoms with Crippen molar-refractivity contribution in [3.63, 3.8) is 0 Å². The number of carbonyl (C=O) groups excluding carboxylic acids is 1. The number of carbonyl (C=O) groups is 1. The number of aryl methyl sites for hydroxylation is 1. The smallest absolute Gasteiger partial charge is 0.256 e. The summed E-state index contributed by atoms with van der Waals surface area (Å²) >= 11 is 0. The third kappa shape index (κ3) is 6.32. The molecule has 0 saturated carbocycles. The van der Waals surface area contributed by atoms with Gasteiger partial charge < -0.3 is 19.8 Å². The Bertz CT molecular complexity index is 1310. The fraction of sp³-hybridized carbons (Fsp3) is 0.483. The molecule has 0 aliphatic carbocycles. The summed E-state index contributed by atoms with van der Waals surface area (Å²) in [6.07, 6.45) is 2.62. The van der Waals surface area contributed by atoms with E-state index in [4.69, 9.17) is 14.9 Å². The number of amides is 1. The Morgan fingerprint density at radius 2 is 1.79 bits per heavy atom. The second-order valence-electron chi connectivity index (χ2n) is 11.5. The van der Waals surface area contributed by atoms with E-state index in [0.717, 1.165) is 16.7 Å². The number of nitrogens with zero attached hydrogens (tertiary/aromatic N) is 1. The molecule has 2 N–H and O–H groups in total. The summed E-state index contributed by atoms with van der Waals surface area (Å²) in [5.41, 5.74) is 9.99. The SMILES string of the molecule is CCS(=O)(=O)c1ccc(C2=CCN(C(=O)c3cc(OC)c(C)cc3N)[C@H](CO[Si](C)(C)C(C)(C)C)C2)cc1. The molecule has 0 bridgehead atoms. The lowest BCUT2D eigenvalue weighted by molar-refractivity contribution is 0.0628. The zero-order chi connectivity index (χ0) is 28.5. The van der Waals surface area contributed by atoms with Crippen LogP contribution in [-0.4, -0.2) is 59.6 Å². The van der Waals surface area contributed by atoms with E-state index in [1.165, 1.54) is 0 Å². The molecule has 0 fully saturated rings. The molecule has 1 amide bonds. The zero-order valence-corrected chi connectivity index (χ0v) is 25.7. The van der Waals surface area contributed by atoms with Gasteiger partial charge in [0.15, 0.2) is 18.2 Å². The van der Waals surface area contributed by atoms with Crippen LogP contribution in [0.3, 0.4) is 0 Å². The minimum atomic E-state index is -3.27. The number of benzene rings is 2. The van der Waals surface area contributed by atoms with E-state index in [2.05, 4.69) is 33.9 Å². The fourth-order valence-corrected chi connectivity index (χ4v) is 6.20. The Labute approximate surface area is 229 Å². The zero-order valence-electron chi connectivity index (χ0n) is 23.9. The Balaban J connectivity index is 1.96. The highest BCUT2D eigenvalue weighted by atomic mass is 32.2. The van der Waals surface area contributed by atoms with E-state index < -0.39 is 18.2 Å². The van der Waals surface area contributed by atoms with Crippen LogP contribution < -0.4 is 10.5 Å². The fourth-order valence-electron chi connectivity index (χ4n) is 4.27. The van der Waals surface area contributed by atoms with Gasteiger partial charge in [0.25, 0.3) is 5.91 Å². The van der Waals surface area contributed by atoms with Crippen LogP contribution in [0.2, 0.25) is 18.1 Å². The maximum absolute atomic E-state index is 13.8. The Hall–Kier alpha value is -2.62. The normalized spacial score (nSPS) is 16.8. The predicted octanol–water partition coefficient (Wildman–Crippen LogP) is 5.70. The number of methoxy groups -OCH3 is 1. The summed E-state index contributed by atoms with van der Waals surface area (Å²) < 4.78 is 36.6. The number of hydrogen-bond donors (Lipinski definition) is 1. The quantitative estimate of drug-likeness (QED) is 0.330. The van der Waals surface area contributed by atoms with Crippen molar-refractivity contribution in [1.29, 1.82) is 0 Å². The Morgan fingerprint density at radius 1 is 1.16 bits per heavy atom. The van der Waals surface area contributed by atoms with E-state index in [-0.39, 0.29) is 22.7 Å². The number of anilines is 1. The minimum Gasteiger partial charge on any atom is -0.496 e. The van der Waals surface area contributed by atoms with Gasteiger partial charge in [0.2, 0.25) is 0 Å². The van der Waals surface area contributed by atoms with Crippen molar-refractivity contribution in [3.05, 3.63) is 59.2 Å². The maximum atomic E-state index is 13.8. The van der Waals surface area contributed by atoms with E-state index in [1.807, 2.05) is 30.0 Å². The molecule has 0 radical (unpaired) electrons. The van der Waals surface area contributed by atoms with Gasteiger partial charge in [-0.25, -0.2) is 8.42 Å². The van der Waals surface area contributed by atoms with Crippen molar-refractivity contribution in [2.75, 3.05) is 31.7 Å². The highest BCUT2D eigenvalue weighted by Gasteiger charge is 2.39. The Morgan fingerprint density at radius 3 is 2.34 bits per heavy atom. The van der Waals surface area contributed by atoms with Gasteiger partial charge in [-0.1, -0.05) is 45.9 Å². The molecule has 9 heteroatoms. The van der Waals surface area contributed by atoms with Crippen LogP contribution in [0.15, 0.2) is 47.4 Å². The van der Waals surface area contributed by atoms with Gasteiger partial charge in [-0.2, -0.15) is 0 Å². The summed E-state index contributed by atoms with van der Waals surface area (Å²) in [5.74, 6) is 0.516. The van der Waals surface area contributed by atoms with Crippen LogP contribution in [0.5, 0.6) is 5.75 Å². The topological polar surface area (TPSA) is 98.9 Å². The van der Waals surface area contributed by atoms with Gasteiger partial charge in [0.05, 0.1) is 36.0 Å². The van der Waals surface area contributed by atoms with Gasteiger partial charge in [-0.3, -0.25) is 4.79 Å². The molecule has 1 atom stereocenters. The largest absolute Gasteiger partial charge is 0.496 e. The van der Waals surface area contributed by atoms with Crippen molar-refractivity contribution in [2.45, 2.75) is 70.1 Å². The number of rotatable bonds is 8. The molecule has 0 saturated heterocycles. The van der Waals surface area contributed by atoms with E-state index >= 15 is 0 Å². The number of nitrogens with two attached hydrogens (primary N) is 1. The molecule has 208 valence electrons. The van der Waals surface area contributed by atoms with Crippen LogP contribution in [-0.2, 0) is 14.3 Å². The second kappa shape index (κ2) is 11.2. The molecule has 0 aromatic heterocycles. The molecule has 38 heavy (non-hydrogen) atoms. The van der Waals surface area contributed by atoms with E-state index in [9.17, 15) is 13.2 Å². The third-order valence-corrected chi connectivity index (χ3v) is 14.1. The number of ether oxygens (including phenoxy) is 1. The third-order valence-electron chi connectivity index (χ3n) is 7.90. The highest BCUT2D eigenvalue weighted by Crippen LogP contribution is 2.38. The lowest BCUT2D eigenvalue weighted by Gasteiger charge is -2.41. The molecule has 2 aromatic carbocycles. The summed E-state index contributed by atoms with van der Waals surface area (Å²) in [6.45, 7) is 15.3. The molecular weight excluding hydrogens is 516 g/mol. The summed E-state index contributed by atoms with van der Waals surface area (Å²) in [7, 11) is -3.76. The minimum absolute atomic E-state index is 0.0323. The van der Waals surface area contributed by atoms with Crippen molar-refractivity contribution < 1.29 is 22.4 Å². The van der Waals surface area contributed by atoms with Crippen LogP contribution in [0.1, 0.15) is 55.6 Å². The first-order chi connectivity index (χ1) is 17.6. The predicted molar refractivity (Wildman–Crippen MR) is 157 cm³/mol. The van der Waals surface area contributed by atoms with Crippen LogP contribution in [0.25, 0.3) is 5.57 Å². The molecular formula is C29H42N2O5SSi. The molecule has 1 heterocycles. The number of nitrogen functional groups attached to an aromatic ring is 1. The molecule has 3 rings (SSSR count). The monoisotopic (exact) mass is 558 g/mol. The van der Waals surface area contributed by atoms with E-state index in [1.54, 1.807) is 38.3 Å². The first-order valence-corrected chi connectivity index (χ1v) is 17.6. The van der Waals surface area contributed by atoms with Crippen molar-refractivity contribution in [1.82, 2.24) is 4.90 Å². The first kappa shape index (κ1) is 29.9. The van der Waals surface area contributed by atoms with E-state index in [0.29, 0.717) is 41.5 Å². The van der Waals surface area contributed by atoms with Gasteiger partial charge in [-0.05, 0) is 72.4 Å². The maximum Gasteiger partial charge on any atom is 0.256 e. The summed E-state index contributed by atoms with van der Waals surface area (Å²) in [4.78, 5) is 16.0. The average molecular weight is 559 g/mol. The average Bonchev–Trinajstić information content (AvgIpc) is 2.86. The molecule has 7 nitrogen and oxygen atoms in total. The lowest BCUT2D eigenvalue weighted by atomic mass is 9.93. The number of hydrogen-bond acceptors (Lipinski definition) is 6. The van der Waals surface area contributed by atoms with Crippen molar-refractivity contribution in [3.8, 4) is 5.75 Å². The lowest BCUT2D eigenvalue weighted by Crippen LogP contribution is -2.49.